The highest BCUT2D eigenvalue weighted by Crippen LogP contribution is 2.31. The molecule has 0 saturated carbocycles. The lowest BCUT2D eigenvalue weighted by molar-refractivity contribution is -0.176. The van der Waals surface area contributed by atoms with Crippen LogP contribution in [0.1, 0.15) is 45.4 Å². The second-order valence-corrected chi connectivity index (χ2v) is 9.43. The zero-order valence-electron chi connectivity index (χ0n) is 19.6. The van der Waals surface area contributed by atoms with E-state index in [0.717, 1.165) is 37.4 Å². The van der Waals surface area contributed by atoms with Gasteiger partial charge in [-0.1, -0.05) is 6.92 Å². The Bertz CT molecular complexity index is 1000. The number of nitrogens with zero attached hydrogens (tertiary/aromatic N) is 4. The first-order valence-electron chi connectivity index (χ1n) is 10.9. The van der Waals surface area contributed by atoms with Gasteiger partial charge >= 0.3 is 6.18 Å². The summed E-state index contributed by atoms with van der Waals surface area (Å²) in [5.74, 6) is -0.438. The molecule has 33 heavy (non-hydrogen) atoms. The highest BCUT2D eigenvalue weighted by atomic mass is 19.4. The minimum Gasteiger partial charge on any atom is -0.493 e. The van der Waals surface area contributed by atoms with E-state index in [1.807, 2.05) is 20.8 Å². The Morgan fingerprint density at radius 2 is 1.97 bits per heavy atom. The van der Waals surface area contributed by atoms with Crippen molar-refractivity contribution in [1.29, 1.82) is 0 Å². The van der Waals surface area contributed by atoms with Gasteiger partial charge in [-0.2, -0.15) is 13.2 Å². The predicted octanol–water partition coefficient (Wildman–Crippen LogP) is 3.96. The van der Waals surface area contributed by atoms with E-state index in [2.05, 4.69) is 20.3 Å². The van der Waals surface area contributed by atoms with Crippen LogP contribution in [0.5, 0.6) is 5.75 Å². The van der Waals surface area contributed by atoms with Crippen molar-refractivity contribution in [3.63, 3.8) is 0 Å². The number of aromatic nitrogens is 3. The number of anilines is 1. The zero-order chi connectivity index (χ0) is 24.4. The van der Waals surface area contributed by atoms with Gasteiger partial charge in [-0.05, 0) is 46.1 Å². The van der Waals surface area contributed by atoms with E-state index in [1.54, 1.807) is 11.9 Å². The number of halogens is 3. The van der Waals surface area contributed by atoms with Crippen molar-refractivity contribution in [3.05, 3.63) is 29.6 Å². The molecule has 0 aliphatic heterocycles. The summed E-state index contributed by atoms with van der Waals surface area (Å²) in [4.78, 5) is 27.8. The predicted molar refractivity (Wildman–Crippen MR) is 119 cm³/mol. The second-order valence-electron chi connectivity index (χ2n) is 9.43. The molecule has 1 aliphatic carbocycles. The summed E-state index contributed by atoms with van der Waals surface area (Å²) in [6, 6.07) is 3.04. The number of alkyl halides is 3. The largest absolute Gasteiger partial charge is 0.493 e. The van der Waals surface area contributed by atoms with Crippen LogP contribution >= 0.6 is 0 Å². The molecule has 0 aromatic carbocycles. The molecule has 180 valence electrons. The monoisotopic (exact) mass is 465 g/mol. The van der Waals surface area contributed by atoms with Crippen molar-refractivity contribution in [2.75, 3.05) is 25.1 Å². The van der Waals surface area contributed by atoms with Gasteiger partial charge < -0.3 is 15.0 Å². The molecule has 2 heterocycles. The van der Waals surface area contributed by atoms with Crippen molar-refractivity contribution < 1.29 is 22.7 Å². The molecule has 7 nitrogen and oxygen atoms in total. The Kier molecular flexibility index (Phi) is 7.14. The van der Waals surface area contributed by atoms with E-state index in [1.165, 1.54) is 18.3 Å². The Morgan fingerprint density at radius 3 is 2.64 bits per heavy atom. The number of rotatable bonds is 7. The summed E-state index contributed by atoms with van der Waals surface area (Å²) >= 11 is 0. The molecule has 1 atom stereocenters. The lowest BCUT2D eigenvalue weighted by Crippen LogP contribution is -2.45. The van der Waals surface area contributed by atoms with Crippen LogP contribution in [0.2, 0.25) is 0 Å². The summed E-state index contributed by atoms with van der Waals surface area (Å²) in [5, 5.41) is 2.94. The van der Waals surface area contributed by atoms with Crippen molar-refractivity contribution in [3.8, 4) is 17.3 Å². The third kappa shape index (κ3) is 6.55. The number of hydrogen-bond donors (Lipinski definition) is 1. The van der Waals surface area contributed by atoms with E-state index in [0.29, 0.717) is 17.3 Å². The van der Waals surface area contributed by atoms with E-state index in [-0.39, 0.29) is 23.7 Å². The summed E-state index contributed by atoms with van der Waals surface area (Å²) < 4.78 is 43.7. The molecule has 1 N–H and O–H groups in total. The lowest BCUT2D eigenvalue weighted by atomic mass is 10.1. The minimum absolute atomic E-state index is 0.121. The van der Waals surface area contributed by atoms with Crippen LogP contribution in [0.3, 0.4) is 0 Å². The third-order valence-electron chi connectivity index (χ3n) is 5.19. The summed E-state index contributed by atoms with van der Waals surface area (Å²) in [5.41, 5.74) is 1.97. The molecule has 0 fully saturated rings. The number of nitrogens with one attached hydrogen (secondary N) is 1. The average molecular weight is 466 g/mol. The van der Waals surface area contributed by atoms with Crippen LogP contribution in [0, 0.1) is 5.92 Å². The van der Waals surface area contributed by atoms with Gasteiger partial charge in [-0.25, -0.2) is 9.97 Å². The molecular weight excluding hydrogens is 435 g/mol. The molecule has 0 saturated heterocycles. The fourth-order valence-electron chi connectivity index (χ4n) is 3.53. The maximum absolute atomic E-state index is 12.8. The summed E-state index contributed by atoms with van der Waals surface area (Å²) in [6.07, 6.45) is -0.312. The number of pyridine rings is 1. The van der Waals surface area contributed by atoms with Gasteiger partial charge in [0.2, 0.25) is 5.91 Å². The molecule has 1 amide bonds. The maximum Gasteiger partial charge on any atom is 0.394 e. The Hall–Kier alpha value is -2.91. The van der Waals surface area contributed by atoms with E-state index in [4.69, 9.17) is 4.74 Å². The van der Waals surface area contributed by atoms with Gasteiger partial charge in [0.05, 0.1) is 19.1 Å². The Balaban J connectivity index is 1.84. The standard InChI is InChI=1S/C23H30F3N5O2/c1-14(23(24,25)26)13-33-15-9-10-27-18(11-15)20-28-17-8-6-7-16(17)21(29-20)31(5)12-19(32)30-22(2,3)4/h9-11,14H,6-8,12-13H2,1-5H3,(H,30,32). The summed E-state index contributed by atoms with van der Waals surface area (Å²) in [7, 11) is 1.80. The molecule has 3 rings (SSSR count). The van der Waals surface area contributed by atoms with Crippen LogP contribution in [-0.2, 0) is 17.6 Å². The quantitative estimate of drug-likeness (QED) is 0.667. The molecule has 10 heteroatoms. The fraction of sp³-hybridized carbons (Fsp3) is 0.565. The molecular formula is C23H30F3N5O2. The second kappa shape index (κ2) is 9.52. The highest BCUT2D eigenvalue weighted by Gasteiger charge is 2.36. The smallest absolute Gasteiger partial charge is 0.394 e. The van der Waals surface area contributed by atoms with Crippen molar-refractivity contribution in [1.82, 2.24) is 20.3 Å². The normalized spacial score (nSPS) is 14.5. The van der Waals surface area contributed by atoms with Gasteiger partial charge in [0.1, 0.15) is 17.3 Å². The highest BCUT2D eigenvalue weighted by molar-refractivity contribution is 5.82. The number of likely N-dealkylation sites (N-methyl/N-ethyl adjacent to an activating group) is 1. The number of amides is 1. The topological polar surface area (TPSA) is 80.2 Å². The van der Waals surface area contributed by atoms with E-state index >= 15 is 0 Å². The van der Waals surface area contributed by atoms with Crippen LogP contribution in [0.25, 0.3) is 11.5 Å². The molecule has 0 radical (unpaired) electrons. The Labute approximate surface area is 191 Å². The van der Waals surface area contributed by atoms with Crippen molar-refractivity contribution in [2.24, 2.45) is 5.92 Å². The van der Waals surface area contributed by atoms with Gasteiger partial charge in [0.15, 0.2) is 5.82 Å². The minimum atomic E-state index is -4.32. The van der Waals surface area contributed by atoms with Crippen LogP contribution in [0.15, 0.2) is 18.3 Å². The van der Waals surface area contributed by atoms with Crippen molar-refractivity contribution >= 4 is 11.7 Å². The van der Waals surface area contributed by atoms with Crippen LogP contribution in [-0.4, -0.2) is 52.8 Å². The zero-order valence-corrected chi connectivity index (χ0v) is 19.6. The van der Waals surface area contributed by atoms with Crippen LogP contribution < -0.4 is 15.0 Å². The molecule has 0 spiro atoms. The number of aryl methyl sites for hydroxylation is 1. The molecule has 0 bridgehead atoms. The van der Waals surface area contributed by atoms with Gasteiger partial charge in [0, 0.05) is 36.1 Å². The van der Waals surface area contributed by atoms with E-state index < -0.39 is 18.7 Å². The number of hydrogen-bond acceptors (Lipinski definition) is 6. The first-order valence-corrected chi connectivity index (χ1v) is 10.9. The number of carbonyl (C=O) groups excluding carboxylic acids is 1. The number of fused-ring (bicyclic) bond motifs is 1. The SMILES string of the molecule is CC(COc1ccnc(-c2nc3c(c(N(C)CC(=O)NC(C)(C)C)n2)CCC3)c1)C(F)(F)F. The fourth-order valence-corrected chi connectivity index (χ4v) is 3.53. The lowest BCUT2D eigenvalue weighted by Gasteiger charge is -2.25. The van der Waals surface area contributed by atoms with Gasteiger partial charge in [-0.3, -0.25) is 9.78 Å². The first-order chi connectivity index (χ1) is 15.3. The Morgan fingerprint density at radius 1 is 1.24 bits per heavy atom. The first kappa shape index (κ1) is 24.7. The van der Waals surface area contributed by atoms with Gasteiger partial charge in [0.25, 0.3) is 0 Å². The van der Waals surface area contributed by atoms with Crippen molar-refractivity contribution in [2.45, 2.75) is 58.7 Å². The number of carbonyl (C=O) groups is 1. The number of ether oxygens (including phenoxy) is 1. The van der Waals surface area contributed by atoms with E-state index in [9.17, 15) is 18.0 Å². The third-order valence-corrected chi connectivity index (χ3v) is 5.19. The van der Waals surface area contributed by atoms with Crippen LogP contribution in [0.4, 0.5) is 19.0 Å². The maximum atomic E-state index is 12.8. The summed E-state index contributed by atoms with van der Waals surface area (Å²) in [6.45, 7) is 6.47. The molecule has 1 aliphatic rings. The molecule has 2 aromatic rings. The molecule has 1 unspecified atom stereocenters. The average Bonchev–Trinajstić information content (AvgIpc) is 3.17. The van der Waals surface area contributed by atoms with Gasteiger partial charge in [-0.15, -0.1) is 0 Å². The molecule has 2 aromatic heterocycles.